The van der Waals surface area contributed by atoms with E-state index in [4.69, 9.17) is 23.2 Å². The minimum absolute atomic E-state index is 0.572. The number of hydrogen-bond donors (Lipinski definition) is 1. The summed E-state index contributed by atoms with van der Waals surface area (Å²) in [5, 5.41) is 12.4. The molecule has 2 aromatic rings. The van der Waals surface area contributed by atoms with Gasteiger partial charge in [-0.2, -0.15) is 0 Å². The van der Waals surface area contributed by atoms with Crippen molar-refractivity contribution in [1.82, 2.24) is 10.2 Å². The Balaban J connectivity index is 2.33. The van der Waals surface area contributed by atoms with Gasteiger partial charge in [0.2, 0.25) is 0 Å². The number of rotatable bonds is 3. The van der Waals surface area contributed by atoms with E-state index >= 15 is 0 Å². The number of nitrogens with zero attached hydrogens (tertiary/aromatic N) is 2. The molecule has 0 aliphatic carbocycles. The first-order valence-corrected chi connectivity index (χ1v) is 5.99. The molecule has 1 heterocycles. The van der Waals surface area contributed by atoms with E-state index in [2.05, 4.69) is 15.5 Å². The lowest BCUT2D eigenvalue weighted by Gasteiger charge is -2.05. The second-order valence-electron chi connectivity index (χ2n) is 3.46. The van der Waals surface area contributed by atoms with Crippen LogP contribution in [0, 0.1) is 0 Å². The van der Waals surface area contributed by atoms with Gasteiger partial charge < -0.3 is 5.32 Å². The minimum atomic E-state index is 0.572. The second kappa shape index (κ2) is 5.34. The molecule has 0 fully saturated rings. The maximum Gasteiger partial charge on any atom is 0.148 e. The van der Waals surface area contributed by atoms with E-state index in [1.807, 2.05) is 25.1 Å². The third kappa shape index (κ3) is 2.87. The molecular weight excluding hydrogens is 257 g/mol. The summed E-state index contributed by atoms with van der Waals surface area (Å²) < 4.78 is 0. The second-order valence-corrected chi connectivity index (χ2v) is 4.30. The van der Waals surface area contributed by atoms with Crippen LogP contribution in [0.3, 0.4) is 0 Å². The van der Waals surface area contributed by atoms with E-state index in [9.17, 15) is 0 Å². The van der Waals surface area contributed by atoms with Crippen LogP contribution in [0.2, 0.25) is 10.0 Å². The molecule has 5 heteroatoms. The van der Waals surface area contributed by atoms with Crippen molar-refractivity contribution in [2.45, 2.75) is 6.92 Å². The van der Waals surface area contributed by atoms with Gasteiger partial charge in [-0.3, -0.25) is 0 Å². The highest BCUT2D eigenvalue weighted by atomic mass is 35.5. The largest absolute Gasteiger partial charge is 0.369 e. The van der Waals surface area contributed by atoms with Crippen LogP contribution in [0.15, 0.2) is 30.3 Å². The van der Waals surface area contributed by atoms with Crippen molar-refractivity contribution in [1.29, 1.82) is 0 Å². The molecule has 0 aliphatic heterocycles. The van der Waals surface area contributed by atoms with Gasteiger partial charge in [0.1, 0.15) is 5.82 Å². The summed E-state index contributed by atoms with van der Waals surface area (Å²) in [4.78, 5) is 0. The summed E-state index contributed by atoms with van der Waals surface area (Å²) in [6, 6.07) is 9.06. The fraction of sp³-hybridized carbons (Fsp3) is 0.167. The lowest BCUT2D eigenvalue weighted by atomic mass is 10.1. The van der Waals surface area contributed by atoms with Crippen LogP contribution in [0.1, 0.15) is 6.92 Å². The monoisotopic (exact) mass is 267 g/mol. The molecule has 3 nitrogen and oxygen atoms in total. The van der Waals surface area contributed by atoms with Gasteiger partial charge in [0.15, 0.2) is 0 Å². The molecule has 1 N–H and O–H groups in total. The Kier molecular flexibility index (Phi) is 3.82. The Bertz CT molecular complexity index is 512. The number of benzene rings is 1. The van der Waals surface area contributed by atoms with Crippen LogP contribution in [0.25, 0.3) is 11.3 Å². The zero-order chi connectivity index (χ0) is 12.3. The summed E-state index contributed by atoms with van der Waals surface area (Å²) in [6.45, 7) is 2.82. The zero-order valence-corrected chi connectivity index (χ0v) is 10.8. The third-order valence-electron chi connectivity index (χ3n) is 2.23. The smallest absolute Gasteiger partial charge is 0.148 e. The Hall–Kier alpha value is -1.32. The summed E-state index contributed by atoms with van der Waals surface area (Å²) in [7, 11) is 0. The molecule has 0 bridgehead atoms. The van der Waals surface area contributed by atoms with E-state index < -0.39 is 0 Å². The number of nitrogens with one attached hydrogen (secondary N) is 1. The van der Waals surface area contributed by atoms with E-state index in [0.29, 0.717) is 10.0 Å². The Labute approximate surface area is 110 Å². The third-order valence-corrected chi connectivity index (χ3v) is 2.78. The molecule has 0 amide bonds. The van der Waals surface area contributed by atoms with Crippen LogP contribution in [0.4, 0.5) is 5.82 Å². The molecule has 0 spiro atoms. The zero-order valence-electron chi connectivity index (χ0n) is 9.24. The fourth-order valence-electron chi connectivity index (χ4n) is 1.45. The molecule has 0 radical (unpaired) electrons. The molecule has 17 heavy (non-hydrogen) atoms. The molecule has 1 aromatic carbocycles. The average Bonchev–Trinajstić information content (AvgIpc) is 2.31. The maximum atomic E-state index is 6.10. The number of aromatic nitrogens is 2. The van der Waals surface area contributed by atoms with Gasteiger partial charge >= 0.3 is 0 Å². The molecule has 0 unspecified atom stereocenters. The van der Waals surface area contributed by atoms with Gasteiger partial charge in [0, 0.05) is 17.1 Å². The first kappa shape index (κ1) is 12.1. The Morgan fingerprint density at radius 2 is 1.94 bits per heavy atom. The molecule has 0 saturated carbocycles. The summed E-state index contributed by atoms with van der Waals surface area (Å²) in [6.07, 6.45) is 0. The SMILES string of the molecule is CCNc1ccc(-c2ccc(Cl)cc2Cl)nn1. The maximum absolute atomic E-state index is 6.10. The van der Waals surface area contributed by atoms with Crippen LogP contribution in [-0.4, -0.2) is 16.7 Å². The highest BCUT2D eigenvalue weighted by molar-refractivity contribution is 6.36. The standard InChI is InChI=1S/C12H11Cl2N3/c1-2-15-12-6-5-11(16-17-12)9-4-3-8(13)7-10(9)14/h3-7H,2H2,1H3,(H,15,17). The molecule has 0 atom stereocenters. The molecular formula is C12H11Cl2N3. The first-order valence-electron chi connectivity index (χ1n) is 5.23. The van der Waals surface area contributed by atoms with Crippen LogP contribution in [-0.2, 0) is 0 Å². The number of anilines is 1. The highest BCUT2D eigenvalue weighted by Gasteiger charge is 2.06. The Morgan fingerprint density at radius 1 is 1.12 bits per heavy atom. The van der Waals surface area contributed by atoms with Crippen molar-refractivity contribution in [3.05, 3.63) is 40.4 Å². The lowest BCUT2D eigenvalue weighted by molar-refractivity contribution is 1.02. The molecule has 88 valence electrons. The van der Waals surface area contributed by atoms with Gasteiger partial charge in [-0.15, -0.1) is 10.2 Å². The van der Waals surface area contributed by atoms with Crippen molar-refractivity contribution >= 4 is 29.0 Å². The van der Waals surface area contributed by atoms with Crippen molar-refractivity contribution in [2.24, 2.45) is 0 Å². The van der Waals surface area contributed by atoms with E-state index in [1.54, 1.807) is 12.1 Å². The topological polar surface area (TPSA) is 37.8 Å². The normalized spacial score (nSPS) is 10.3. The van der Waals surface area contributed by atoms with Gasteiger partial charge in [-0.25, -0.2) is 0 Å². The Morgan fingerprint density at radius 3 is 2.53 bits per heavy atom. The van der Waals surface area contributed by atoms with E-state index in [-0.39, 0.29) is 0 Å². The van der Waals surface area contributed by atoms with E-state index in [1.165, 1.54) is 0 Å². The summed E-state index contributed by atoms with van der Waals surface area (Å²) in [5.41, 5.74) is 1.56. The predicted molar refractivity (Wildman–Crippen MR) is 71.7 cm³/mol. The fourth-order valence-corrected chi connectivity index (χ4v) is 1.95. The summed E-state index contributed by atoms with van der Waals surface area (Å²) in [5.74, 6) is 0.751. The van der Waals surface area contributed by atoms with Crippen LogP contribution >= 0.6 is 23.2 Å². The average molecular weight is 268 g/mol. The van der Waals surface area contributed by atoms with Crippen molar-refractivity contribution < 1.29 is 0 Å². The van der Waals surface area contributed by atoms with Gasteiger partial charge in [-0.1, -0.05) is 23.2 Å². The molecule has 1 aromatic heterocycles. The van der Waals surface area contributed by atoms with Gasteiger partial charge in [0.05, 0.1) is 10.7 Å². The van der Waals surface area contributed by atoms with E-state index in [0.717, 1.165) is 23.6 Å². The van der Waals surface area contributed by atoms with Crippen molar-refractivity contribution in [3.8, 4) is 11.3 Å². The van der Waals surface area contributed by atoms with Crippen molar-refractivity contribution in [2.75, 3.05) is 11.9 Å². The predicted octanol–water partition coefficient (Wildman–Crippen LogP) is 3.88. The van der Waals surface area contributed by atoms with Gasteiger partial charge in [-0.05, 0) is 37.3 Å². The number of halogens is 2. The van der Waals surface area contributed by atoms with Crippen LogP contribution < -0.4 is 5.32 Å². The summed E-state index contributed by atoms with van der Waals surface area (Å²) >= 11 is 11.9. The van der Waals surface area contributed by atoms with Gasteiger partial charge in [0.25, 0.3) is 0 Å². The highest BCUT2D eigenvalue weighted by Crippen LogP contribution is 2.28. The molecule has 2 rings (SSSR count). The lowest BCUT2D eigenvalue weighted by Crippen LogP contribution is -2.00. The first-order chi connectivity index (χ1) is 8.20. The quantitative estimate of drug-likeness (QED) is 0.917. The minimum Gasteiger partial charge on any atom is -0.369 e. The molecule has 0 aliphatic rings. The number of hydrogen-bond acceptors (Lipinski definition) is 3. The molecule has 0 saturated heterocycles. The van der Waals surface area contributed by atoms with Crippen molar-refractivity contribution in [3.63, 3.8) is 0 Å². The van der Waals surface area contributed by atoms with Crippen LogP contribution in [0.5, 0.6) is 0 Å².